The van der Waals surface area contributed by atoms with E-state index in [1.54, 1.807) is 0 Å². The smallest absolute Gasteiger partial charge is 0.00216 e. The van der Waals surface area contributed by atoms with Gasteiger partial charge in [-0.1, -0.05) is 74.7 Å². The normalized spacial score (nSPS) is 10.4. The molecular formula is C18H43N. The molecule has 0 aromatic rings. The van der Waals surface area contributed by atoms with E-state index in [9.17, 15) is 0 Å². The van der Waals surface area contributed by atoms with E-state index < -0.39 is 0 Å². The Balaban J connectivity index is -0.000000445. The molecule has 0 aromatic carbocycles. The molecule has 0 rings (SSSR count). The van der Waals surface area contributed by atoms with Crippen molar-refractivity contribution in [3.8, 4) is 0 Å². The quantitative estimate of drug-likeness (QED) is 0.487. The van der Waals surface area contributed by atoms with E-state index in [4.69, 9.17) is 0 Å². The van der Waals surface area contributed by atoms with Crippen molar-refractivity contribution in [2.45, 2.75) is 93.9 Å². The van der Waals surface area contributed by atoms with E-state index in [-0.39, 0.29) is 0 Å². The Hall–Kier alpha value is -0.0400. The Morgan fingerprint density at radius 1 is 0.789 bits per heavy atom. The predicted octanol–water partition coefficient (Wildman–Crippen LogP) is 6.38. The number of unbranched alkanes of at least 4 members (excludes halogenated alkanes) is 2. The molecule has 0 aromatic heterocycles. The Morgan fingerprint density at radius 3 is 1.58 bits per heavy atom. The number of rotatable bonds is 7. The topological polar surface area (TPSA) is 3.24 Å². The molecule has 120 valence electrons. The van der Waals surface area contributed by atoms with Gasteiger partial charge < -0.3 is 4.90 Å². The summed E-state index contributed by atoms with van der Waals surface area (Å²) < 4.78 is 0. The van der Waals surface area contributed by atoms with Gasteiger partial charge in [0.2, 0.25) is 0 Å². The van der Waals surface area contributed by atoms with Crippen molar-refractivity contribution in [3.63, 3.8) is 0 Å². The molecule has 0 N–H and O–H groups in total. The van der Waals surface area contributed by atoms with Gasteiger partial charge in [-0.3, -0.25) is 0 Å². The standard InChI is InChI=1S/C13H29N.C3H8.C2H6/c1-6-7-8-11-14(5)12-9-10-13(2,3)4;1-3-2;1-2/h6-12H2,1-5H3;3H2,1-2H3;1-2H3. The molecule has 0 aliphatic heterocycles. The Morgan fingerprint density at radius 2 is 1.21 bits per heavy atom. The highest BCUT2D eigenvalue weighted by Gasteiger charge is 2.09. The van der Waals surface area contributed by atoms with Gasteiger partial charge in [-0.05, 0) is 44.8 Å². The molecule has 0 heterocycles. The lowest BCUT2D eigenvalue weighted by Crippen LogP contribution is -2.22. The second-order valence-electron chi connectivity index (χ2n) is 6.38. The Labute approximate surface area is 125 Å². The average molecular weight is 274 g/mol. The van der Waals surface area contributed by atoms with Crippen LogP contribution in [0.1, 0.15) is 93.9 Å². The number of hydrogen-bond donors (Lipinski definition) is 0. The first-order valence-corrected chi connectivity index (χ1v) is 8.55. The van der Waals surface area contributed by atoms with Crippen LogP contribution in [0.4, 0.5) is 0 Å². The summed E-state index contributed by atoms with van der Waals surface area (Å²) in [6.45, 7) is 20.0. The minimum atomic E-state index is 0.504. The highest BCUT2D eigenvalue weighted by molar-refractivity contribution is 4.62. The van der Waals surface area contributed by atoms with Crippen molar-refractivity contribution in [1.29, 1.82) is 0 Å². The van der Waals surface area contributed by atoms with Crippen molar-refractivity contribution in [1.82, 2.24) is 4.90 Å². The van der Waals surface area contributed by atoms with Crippen molar-refractivity contribution >= 4 is 0 Å². The van der Waals surface area contributed by atoms with E-state index in [2.05, 4.69) is 53.5 Å². The van der Waals surface area contributed by atoms with Crippen LogP contribution in [0.15, 0.2) is 0 Å². The van der Waals surface area contributed by atoms with Gasteiger partial charge in [-0.2, -0.15) is 0 Å². The fraction of sp³-hybridized carbons (Fsp3) is 1.00. The van der Waals surface area contributed by atoms with Crippen molar-refractivity contribution in [2.75, 3.05) is 20.1 Å². The lowest BCUT2D eigenvalue weighted by molar-refractivity contribution is 0.283. The average Bonchev–Trinajstić information content (AvgIpc) is 2.31. The molecule has 0 saturated heterocycles. The molecule has 19 heavy (non-hydrogen) atoms. The van der Waals surface area contributed by atoms with E-state index in [0.717, 1.165) is 0 Å². The molecule has 1 nitrogen and oxygen atoms in total. The first kappa shape index (κ1) is 24.0. The third-order valence-corrected chi connectivity index (χ3v) is 2.61. The molecule has 0 spiro atoms. The fourth-order valence-corrected chi connectivity index (χ4v) is 1.62. The first-order chi connectivity index (χ1) is 8.87. The summed E-state index contributed by atoms with van der Waals surface area (Å²) >= 11 is 0. The zero-order valence-corrected chi connectivity index (χ0v) is 15.6. The molecular weight excluding hydrogens is 230 g/mol. The molecule has 1 heteroatoms. The van der Waals surface area contributed by atoms with Crippen molar-refractivity contribution < 1.29 is 0 Å². The summed E-state index contributed by atoms with van der Waals surface area (Å²) in [7, 11) is 2.25. The van der Waals surface area contributed by atoms with Crippen LogP contribution >= 0.6 is 0 Å². The highest BCUT2D eigenvalue weighted by Crippen LogP contribution is 2.20. The predicted molar refractivity (Wildman–Crippen MR) is 93.0 cm³/mol. The van der Waals surface area contributed by atoms with Gasteiger partial charge in [0.05, 0.1) is 0 Å². The van der Waals surface area contributed by atoms with Gasteiger partial charge in [-0.15, -0.1) is 0 Å². The second-order valence-corrected chi connectivity index (χ2v) is 6.38. The van der Waals surface area contributed by atoms with E-state index in [1.807, 2.05) is 13.8 Å². The largest absolute Gasteiger partial charge is 0.306 e. The molecule has 0 unspecified atom stereocenters. The molecule has 0 bridgehead atoms. The van der Waals surface area contributed by atoms with E-state index in [0.29, 0.717) is 5.41 Å². The molecule has 0 amide bonds. The number of hydrogen-bond acceptors (Lipinski definition) is 1. The lowest BCUT2D eigenvalue weighted by Gasteiger charge is -2.21. The zero-order valence-electron chi connectivity index (χ0n) is 15.6. The highest BCUT2D eigenvalue weighted by atomic mass is 15.1. The molecule has 0 fully saturated rings. The van der Waals surface area contributed by atoms with Crippen LogP contribution in [0.25, 0.3) is 0 Å². The maximum Gasteiger partial charge on any atom is -0.00216 e. The van der Waals surface area contributed by atoms with E-state index in [1.165, 1.54) is 51.6 Å². The summed E-state index contributed by atoms with van der Waals surface area (Å²) in [5, 5.41) is 0. The van der Waals surface area contributed by atoms with Gasteiger partial charge >= 0.3 is 0 Å². The summed E-state index contributed by atoms with van der Waals surface area (Å²) in [6.07, 6.45) is 8.00. The van der Waals surface area contributed by atoms with Crippen molar-refractivity contribution in [3.05, 3.63) is 0 Å². The third kappa shape index (κ3) is 32.0. The molecule has 0 radical (unpaired) electrons. The van der Waals surface area contributed by atoms with Gasteiger partial charge in [0, 0.05) is 0 Å². The summed E-state index contributed by atoms with van der Waals surface area (Å²) in [5.41, 5.74) is 0.504. The van der Waals surface area contributed by atoms with Gasteiger partial charge in [0.25, 0.3) is 0 Å². The minimum Gasteiger partial charge on any atom is -0.306 e. The van der Waals surface area contributed by atoms with Crippen LogP contribution in [0.5, 0.6) is 0 Å². The molecule has 0 saturated carbocycles. The molecule has 0 atom stereocenters. The van der Waals surface area contributed by atoms with Gasteiger partial charge in [0.1, 0.15) is 0 Å². The summed E-state index contributed by atoms with van der Waals surface area (Å²) in [5.74, 6) is 0. The molecule has 0 aliphatic carbocycles. The van der Waals surface area contributed by atoms with Crippen LogP contribution in [-0.4, -0.2) is 25.0 Å². The van der Waals surface area contributed by atoms with Gasteiger partial charge in [0.15, 0.2) is 0 Å². The SMILES string of the molecule is CC.CCC.CCCCCN(C)CCCC(C)(C)C. The van der Waals surface area contributed by atoms with Crippen LogP contribution in [0.3, 0.4) is 0 Å². The van der Waals surface area contributed by atoms with Crippen LogP contribution in [0, 0.1) is 5.41 Å². The van der Waals surface area contributed by atoms with Crippen LogP contribution < -0.4 is 0 Å². The molecule has 0 aliphatic rings. The summed E-state index contributed by atoms with van der Waals surface area (Å²) in [6, 6.07) is 0. The minimum absolute atomic E-state index is 0.504. The number of nitrogens with zero attached hydrogens (tertiary/aromatic N) is 1. The van der Waals surface area contributed by atoms with Crippen LogP contribution in [0.2, 0.25) is 0 Å². The van der Waals surface area contributed by atoms with Crippen molar-refractivity contribution in [2.24, 2.45) is 5.41 Å². The van der Waals surface area contributed by atoms with Crippen LogP contribution in [-0.2, 0) is 0 Å². The monoisotopic (exact) mass is 273 g/mol. The Bertz CT molecular complexity index is 135. The van der Waals surface area contributed by atoms with Gasteiger partial charge in [-0.25, -0.2) is 0 Å². The second kappa shape index (κ2) is 18.0. The van der Waals surface area contributed by atoms with E-state index >= 15 is 0 Å². The zero-order chi connectivity index (χ0) is 15.7. The first-order valence-electron chi connectivity index (χ1n) is 8.55. The lowest BCUT2D eigenvalue weighted by atomic mass is 9.90. The summed E-state index contributed by atoms with van der Waals surface area (Å²) in [4.78, 5) is 2.47. The maximum absolute atomic E-state index is 2.47. The fourth-order valence-electron chi connectivity index (χ4n) is 1.62. The maximum atomic E-state index is 2.47. The Kier molecular flexibility index (Phi) is 22.7. The third-order valence-electron chi connectivity index (χ3n) is 2.61.